The van der Waals surface area contributed by atoms with Crippen LogP contribution in [0.1, 0.15) is 43.4 Å². The first kappa shape index (κ1) is 21.7. The van der Waals surface area contributed by atoms with Gasteiger partial charge in [0.15, 0.2) is 0 Å². The number of hydrogen-bond acceptors (Lipinski definition) is 2. The molecule has 4 heteroatoms. The van der Waals surface area contributed by atoms with Gasteiger partial charge in [-0.15, -0.1) is 0 Å². The Balaban J connectivity index is 2.16. The molecule has 0 spiro atoms. The highest BCUT2D eigenvalue weighted by molar-refractivity contribution is 5.88. The summed E-state index contributed by atoms with van der Waals surface area (Å²) >= 11 is 0. The zero-order chi connectivity index (χ0) is 20.4. The first-order valence-corrected chi connectivity index (χ1v) is 10.2. The Bertz CT molecular complexity index is 741. The number of amides is 2. The van der Waals surface area contributed by atoms with Gasteiger partial charge in [-0.05, 0) is 37.3 Å². The third-order valence-corrected chi connectivity index (χ3v) is 4.90. The highest BCUT2D eigenvalue weighted by Crippen LogP contribution is 2.13. The quantitative estimate of drug-likeness (QED) is 0.679. The van der Waals surface area contributed by atoms with Gasteiger partial charge in [0.05, 0.1) is 6.42 Å². The molecule has 0 aromatic heterocycles. The molecule has 1 atom stereocenters. The Kier molecular flexibility index (Phi) is 8.73. The zero-order valence-corrected chi connectivity index (χ0v) is 17.3. The van der Waals surface area contributed by atoms with Gasteiger partial charge in [-0.3, -0.25) is 9.59 Å². The van der Waals surface area contributed by atoms with Gasteiger partial charge in [0.2, 0.25) is 11.8 Å². The molecule has 150 valence electrons. The molecule has 0 saturated carbocycles. The number of carbonyl (C=O) groups is 2. The lowest BCUT2D eigenvalue weighted by Crippen LogP contribution is -2.50. The summed E-state index contributed by atoms with van der Waals surface area (Å²) in [6, 6.07) is 17.7. The number of aryl methyl sites for hydroxylation is 1. The summed E-state index contributed by atoms with van der Waals surface area (Å²) in [6.07, 6.45) is 2.53. The van der Waals surface area contributed by atoms with E-state index in [0.29, 0.717) is 25.9 Å². The maximum atomic E-state index is 13.1. The average Bonchev–Trinajstić information content (AvgIpc) is 2.71. The summed E-state index contributed by atoms with van der Waals surface area (Å²) < 4.78 is 0. The van der Waals surface area contributed by atoms with Gasteiger partial charge in [-0.1, -0.05) is 74.0 Å². The van der Waals surface area contributed by atoms with Crippen LogP contribution in [0, 0.1) is 6.92 Å². The van der Waals surface area contributed by atoms with Crippen molar-refractivity contribution in [2.75, 3.05) is 13.1 Å². The van der Waals surface area contributed by atoms with Crippen LogP contribution in [0.3, 0.4) is 0 Å². The predicted octanol–water partition coefficient (Wildman–Crippen LogP) is 3.91. The van der Waals surface area contributed by atoms with E-state index in [1.54, 1.807) is 4.90 Å². The van der Waals surface area contributed by atoms with Crippen molar-refractivity contribution in [3.63, 3.8) is 0 Å². The molecular formula is C24H32N2O2. The monoisotopic (exact) mass is 380 g/mol. The minimum atomic E-state index is -0.437. The molecule has 0 aliphatic heterocycles. The van der Waals surface area contributed by atoms with Crippen LogP contribution in [-0.2, 0) is 22.4 Å². The number of nitrogens with zero attached hydrogens (tertiary/aromatic N) is 1. The van der Waals surface area contributed by atoms with E-state index in [9.17, 15) is 9.59 Å². The van der Waals surface area contributed by atoms with E-state index in [1.807, 2.05) is 63.2 Å². The average molecular weight is 381 g/mol. The molecule has 2 amide bonds. The predicted molar refractivity (Wildman–Crippen MR) is 114 cm³/mol. The van der Waals surface area contributed by atoms with Crippen LogP contribution in [0.4, 0.5) is 0 Å². The van der Waals surface area contributed by atoms with Gasteiger partial charge >= 0.3 is 0 Å². The van der Waals surface area contributed by atoms with Crippen LogP contribution in [0.2, 0.25) is 0 Å². The largest absolute Gasteiger partial charge is 0.354 e. The topological polar surface area (TPSA) is 49.4 Å². The first-order chi connectivity index (χ1) is 13.5. The van der Waals surface area contributed by atoms with Crippen molar-refractivity contribution in [2.45, 2.75) is 52.5 Å². The summed E-state index contributed by atoms with van der Waals surface area (Å²) in [5.41, 5.74) is 3.31. The van der Waals surface area contributed by atoms with Gasteiger partial charge in [0, 0.05) is 13.1 Å². The van der Waals surface area contributed by atoms with Crippen molar-refractivity contribution in [1.82, 2.24) is 10.2 Å². The van der Waals surface area contributed by atoms with E-state index < -0.39 is 6.04 Å². The first-order valence-electron chi connectivity index (χ1n) is 10.2. The number of nitrogens with one attached hydrogen (secondary N) is 1. The SMILES string of the molecule is CCCNC(=O)C(CC)N(CCc1ccccc1)C(=O)Cc1ccc(C)cc1. The van der Waals surface area contributed by atoms with E-state index in [2.05, 4.69) is 17.4 Å². The number of rotatable bonds is 10. The van der Waals surface area contributed by atoms with E-state index in [0.717, 1.165) is 18.4 Å². The highest BCUT2D eigenvalue weighted by Gasteiger charge is 2.27. The molecule has 0 saturated heterocycles. The zero-order valence-electron chi connectivity index (χ0n) is 17.3. The molecule has 0 fully saturated rings. The standard InChI is InChI=1S/C24H32N2O2/c1-4-16-25-24(28)22(5-2)26(17-15-20-9-7-6-8-10-20)23(27)18-21-13-11-19(3)12-14-21/h6-14,22H,4-5,15-18H2,1-3H3,(H,25,28). The minimum absolute atomic E-state index is 0.00159. The van der Waals surface area contributed by atoms with Gasteiger partial charge in [0.1, 0.15) is 6.04 Å². The van der Waals surface area contributed by atoms with Gasteiger partial charge in [-0.25, -0.2) is 0 Å². The van der Waals surface area contributed by atoms with Crippen LogP contribution in [0.15, 0.2) is 54.6 Å². The summed E-state index contributed by atoms with van der Waals surface area (Å²) in [4.78, 5) is 27.6. The van der Waals surface area contributed by atoms with Crippen molar-refractivity contribution in [2.24, 2.45) is 0 Å². The minimum Gasteiger partial charge on any atom is -0.354 e. The lowest BCUT2D eigenvalue weighted by atomic mass is 10.1. The fourth-order valence-corrected chi connectivity index (χ4v) is 3.24. The summed E-state index contributed by atoms with van der Waals surface area (Å²) in [7, 11) is 0. The van der Waals surface area contributed by atoms with Crippen LogP contribution in [-0.4, -0.2) is 35.8 Å². The van der Waals surface area contributed by atoms with Crippen molar-refractivity contribution in [1.29, 1.82) is 0 Å². The molecule has 0 radical (unpaired) electrons. The van der Waals surface area contributed by atoms with Crippen molar-refractivity contribution < 1.29 is 9.59 Å². The van der Waals surface area contributed by atoms with E-state index in [-0.39, 0.29) is 11.8 Å². The molecule has 0 aliphatic rings. The second-order valence-electron chi connectivity index (χ2n) is 7.20. The molecule has 2 aromatic carbocycles. The molecule has 0 bridgehead atoms. The maximum Gasteiger partial charge on any atom is 0.242 e. The third-order valence-electron chi connectivity index (χ3n) is 4.90. The van der Waals surface area contributed by atoms with Gasteiger partial charge in [0.25, 0.3) is 0 Å². The normalized spacial score (nSPS) is 11.7. The lowest BCUT2D eigenvalue weighted by molar-refractivity contribution is -0.140. The molecule has 28 heavy (non-hydrogen) atoms. The molecule has 0 aliphatic carbocycles. The summed E-state index contributed by atoms with van der Waals surface area (Å²) in [5, 5.41) is 2.96. The molecular weight excluding hydrogens is 348 g/mol. The fourth-order valence-electron chi connectivity index (χ4n) is 3.24. The van der Waals surface area contributed by atoms with E-state index in [1.165, 1.54) is 11.1 Å². The number of carbonyl (C=O) groups excluding carboxylic acids is 2. The lowest BCUT2D eigenvalue weighted by Gasteiger charge is -2.30. The molecule has 0 heterocycles. The smallest absolute Gasteiger partial charge is 0.242 e. The second kappa shape index (κ2) is 11.3. The van der Waals surface area contributed by atoms with Crippen LogP contribution in [0.5, 0.6) is 0 Å². The maximum absolute atomic E-state index is 13.1. The molecule has 2 rings (SSSR count). The molecule has 2 aromatic rings. The molecule has 4 nitrogen and oxygen atoms in total. The van der Waals surface area contributed by atoms with Crippen LogP contribution in [0.25, 0.3) is 0 Å². The Labute approximate surface area is 169 Å². The molecule has 1 N–H and O–H groups in total. The van der Waals surface area contributed by atoms with E-state index >= 15 is 0 Å². The van der Waals surface area contributed by atoms with Crippen molar-refractivity contribution in [3.05, 3.63) is 71.3 Å². The Morgan fingerprint density at radius 2 is 1.64 bits per heavy atom. The van der Waals surface area contributed by atoms with Gasteiger partial charge in [-0.2, -0.15) is 0 Å². The molecule has 1 unspecified atom stereocenters. The van der Waals surface area contributed by atoms with Crippen LogP contribution < -0.4 is 5.32 Å². The number of hydrogen-bond donors (Lipinski definition) is 1. The number of benzene rings is 2. The summed E-state index contributed by atoms with van der Waals surface area (Å²) in [5.74, 6) is -0.0621. The Hall–Kier alpha value is -2.62. The second-order valence-corrected chi connectivity index (χ2v) is 7.20. The third kappa shape index (κ3) is 6.52. The Morgan fingerprint density at radius 1 is 0.964 bits per heavy atom. The van der Waals surface area contributed by atoms with Crippen molar-refractivity contribution in [3.8, 4) is 0 Å². The Morgan fingerprint density at radius 3 is 2.25 bits per heavy atom. The summed E-state index contributed by atoms with van der Waals surface area (Å²) in [6.45, 7) is 7.19. The van der Waals surface area contributed by atoms with Crippen molar-refractivity contribution >= 4 is 11.8 Å². The van der Waals surface area contributed by atoms with E-state index in [4.69, 9.17) is 0 Å². The van der Waals surface area contributed by atoms with Gasteiger partial charge < -0.3 is 10.2 Å². The van der Waals surface area contributed by atoms with Crippen LogP contribution >= 0.6 is 0 Å². The fraction of sp³-hybridized carbons (Fsp3) is 0.417. The highest BCUT2D eigenvalue weighted by atomic mass is 16.2.